The average molecular weight is 580 g/mol. The molecule has 2 aromatic heterocycles. The number of carbonyl (C=O) groups is 2. The third-order valence-electron chi connectivity index (χ3n) is 7.13. The zero-order valence-electron chi connectivity index (χ0n) is 23.7. The molecule has 0 aliphatic carbocycles. The molecule has 1 amide bonds. The van der Waals surface area contributed by atoms with E-state index in [4.69, 9.17) is 9.72 Å². The van der Waals surface area contributed by atoms with E-state index in [1.54, 1.807) is 35.9 Å². The second kappa shape index (κ2) is 12.0. The Labute approximate surface area is 246 Å². The smallest absolute Gasteiger partial charge is 0.305 e. The SMILES string of the molecule is COc1cccc(-c2nc3c(C(=O)NC(CC(=O)O)c4cccc([N+](=O)[O-])c4)cccn3c2Nc2c(C)cccc2C)c1. The zero-order valence-corrected chi connectivity index (χ0v) is 23.7. The van der Waals surface area contributed by atoms with E-state index in [0.717, 1.165) is 22.4 Å². The highest BCUT2D eigenvalue weighted by molar-refractivity contribution is 6.01. The van der Waals surface area contributed by atoms with Gasteiger partial charge in [-0.2, -0.15) is 0 Å². The van der Waals surface area contributed by atoms with Gasteiger partial charge < -0.3 is 20.5 Å². The number of carboxylic acids is 1. The molecular weight excluding hydrogens is 550 g/mol. The molecule has 0 spiro atoms. The van der Waals surface area contributed by atoms with Crippen molar-refractivity contribution >= 4 is 34.7 Å². The number of hydrogen-bond acceptors (Lipinski definition) is 7. The van der Waals surface area contributed by atoms with E-state index in [-0.39, 0.29) is 11.3 Å². The number of fused-ring (bicyclic) bond motifs is 1. The molecule has 0 saturated carbocycles. The molecule has 2 heterocycles. The molecule has 0 aliphatic rings. The second-order valence-electron chi connectivity index (χ2n) is 10.0. The maximum Gasteiger partial charge on any atom is 0.305 e. The average Bonchev–Trinajstić information content (AvgIpc) is 3.37. The lowest BCUT2D eigenvalue weighted by atomic mass is 10.0. The Bertz CT molecular complexity index is 1840. The van der Waals surface area contributed by atoms with Crippen molar-refractivity contribution in [2.24, 2.45) is 0 Å². The van der Waals surface area contributed by atoms with Crippen molar-refractivity contribution in [1.82, 2.24) is 14.7 Å². The van der Waals surface area contributed by atoms with Crippen molar-refractivity contribution in [1.29, 1.82) is 0 Å². The molecule has 0 aliphatic heterocycles. The van der Waals surface area contributed by atoms with Crippen LogP contribution < -0.4 is 15.4 Å². The molecule has 11 nitrogen and oxygen atoms in total. The summed E-state index contributed by atoms with van der Waals surface area (Å²) in [5.41, 5.74) is 4.89. The van der Waals surface area contributed by atoms with Gasteiger partial charge >= 0.3 is 5.97 Å². The zero-order chi connectivity index (χ0) is 30.7. The van der Waals surface area contributed by atoms with Gasteiger partial charge in [-0.3, -0.25) is 24.1 Å². The van der Waals surface area contributed by atoms with Crippen molar-refractivity contribution in [3.8, 4) is 17.0 Å². The van der Waals surface area contributed by atoms with Crippen LogP contribution in [0.1, 0.15) is 39.5 Å². The number of amides is 1. The summed E-state index contributed by atoms with van der Waals surface area (Å²) in [4.78, 5) is 41.1. The Hall–Kier alpha value is -5.71. The largest absolute Gasteiger partial charge is 0.497 e. The molecule has 11 heteroatoms. The van der Waals surface area contributed by atoms with Crippen LogP contribution in [0.5, 0.6) is 5.75 Å². The number of carbonyl (C=O) groups excluding carboxylic acids is 1. The summed E-state index contributed by atoms with van der Waals surface area (Å²) in [5.74, 6) is -0.490. The number of carboxylic acid groups (broad SMARTS) is 1. The van der Waals surface area contributed by atoms with Crippen molar-refractivity contribution in [2.75, 3.05) is 12.4 Å². The van der Waals surface area contributed by atoms with Gasteiger partial charge in [0.1, 0.15) is 17.3 Å². The monoisotopic (exact) mass is 579 g/mol. The summed E-state index contributed by atoms with van der Waals surface area (Å²) in [6.45, 7) is 4.00. The van der Waals surface area contributed by atoms with Crippen LogP contribution in [0, 0.1) is 24.0 Å². The first-order valence-electron chi connectivity index (χ1n) is 13.4. The summed E-state index contributed by atoms with van der Waals surface area (Å²) < 4.78 is 7.21. The molecule has 1 atom stereocenters. The third kappa shape index (κ3) is 6.01. The maximum atomic E-state index is 13.7. The molecular formula is C32H29N5O6. The van der Waals surface area contributed by atoms with Gasteiger partial charge in [-0.05, 0) is 54.8 Å². The predicted octanol–water partition coefficient (Wildman–Crippen LogP) is 6.22. The minimum atomic E-state index is -1.17. The van der Waals surface area contributed by atoms with Crippen LogP contribution in [0.4, 0.5) is 17.2 Å². The van der Waals surface area contributed by atoms with Gasteiger partial charge in [0.2, 0.25) is 0 Å². The number of nitro benzene ring substituents is 1. The van der Waals surface area contributed by atoms with Gasteiger partial charge in [-0.15, -0.1) is 0 Å². The lowest BCUT2D eigenvalue weighted by molar-refractivity contribution is -0.384. The van der Waals surface area contributed by atoms with Gasteiger partial charge in [-0.25, -0.2) is 4.98 Å². The first-order chi connectivity index (χ1) is 20.7. The number of pyridine rings is 1. The van der Waals surface area contributed by atoms with Gasteiger partial charge in [0.15, 0.2) is 5.65 Å². The Morgan fingerprint density at radius 2 is 1.74 bits per heavy atom. The summed E-state index contributed by atoms with van der Waals surface area (Å²) in [5, 5.41) is 27.2. The lowest BCUT2D eigenvalue weighted by Crippen LogP contribution is -2.30. The van der Waals surface area contributed by atoms with Crippen molar-refractivity contribution in [3.63, 3.8) is 0 Å². The van der Waals surface area contributed by atoms with Crippen LogP contribution in [0.15, 0.2) is 85.1 Å². The number of nitro groups is 1. The van der Waals surface area contributed by atoms with E-state index in [1.807, 2.05) is 56.3 Å². The molecule has 0 bridgehead atoms. The van der Waals surface area contributed by atoms with Crippen LogP contribution in [0.2, 0.25) is 0 Å². The molecule has 0 fully saturated rings. The van der Waals surface area contributed by atoms with E-state index in [9.17, 15) is 24.8 Å². The Morgan fingerprint density at radius 3 is 2.44 bits per heavy atom. The number of aryl methyl sites for hydroxylation is 2. The normalized spacial score (nSPS) is 11.6. The van der Waals surface area contributed by atoms with Crippen LogP contribution in [0.3, 0.4) is 0 Å². The van der Waals surface area contributed by atoms with E-state index >= 15 is 0 Å². The number of rotatable bonds is 10. The minimum Gasteiger partial charge on any atom is -0.497 e. The Kier molecular flexibility index (Phi) is 8.06. The first-order valence-corrected chi connectivity index (χ1v) is 13.4. The van der Waals surface area contributed by atoms with Gasteiger partial charge in [-0.1, -0.05) is 42.5 Å². The molecule has 5 aromatic rings. The summed E-state index contributed by atoms with van der Waals surface area (Å²) in [6.07, 6.45) is 1.31. The number of non-ortho nitro benzene ring substituents is 1. The standard InChI is InChI=1S/C32H29N5O6/c1-19-8-4-9-20(2)28(19)34-31-29(22-11-6-13-24(17-22)43-3)35-30-25(14-7-15-36(30)31)32(40)33-26(18-27(38)39)21-10-5-12-23(16-21)37(41)42/h4-17,26,34H,18H2,1-3H3,(H,33,40)(H,38,39). The highest BCUT2D eigenvalue weighted by Gasteiger charge is 2.25. The molecule has 0 radical (unpaired) electrons. The topological polar surface area (TPSA) is 148 Å². The number of nitrogens with one attached hydrogen (secondary N) is 2. The van der Waals surface area contributed by atoms with E-state index in [1.165, 1.54) is 18.2 Å². The van der Waals surface area contributed by atoms with Crippen LogP contribution in [-0.4, -0.2) is 38.4 Å². The number of para-hydroxylation sites is 1. The third-order valence-corrected chi connectivity index (χ3v) is 7.13. The number of methoxy groups -OCH3 is 1. The van der Waals surface area contributed by atoms with Gasteiger partial charge in [0, 0.05) is 29.6 Å². The number of imidazole rings is 1. The Morgan fingerprint density at radius 1 is 1.02 bits per heavy atom. The molecule has 43 heavy (non-hydrogen) atoms. The molecule has 5 rings (SSSR count). The second-order valence-corrected chi connectivity index (χ2v) is 10.0. The fourth-order valence-corrected chi connectivity index (χ4v) is 4.98. The minimum absolute atomic E-state index is 0.196. The van der Waals surface area contributed by atoms with Crippen LogP contribution in [-0.2, 0) is 4.79 Å². The predicted molar refractivity (Wildman–Crippen MR) is 162 cm³/mol. The van der Waals surface area contributed by atoms with Crippen molar-refractivity contribution in [2.45, 2.75) is 26.3 Å². The number of anilines is 2. The molecule has 218 valence electrons. The number of aliphatic carboxylic acids is 1. The maximum absolute atomic E-state index is 13.7. The fourth-order valence-electron chi connectivity index (χ4n) is 4.98. The number of nitrogens with zero attached hydrogens (tertiary/aromatic N) is 3. The van der Waals surface area contributed by atoms with E-state index in [2.05, 4.69) is 10.6 Å². The first kappa shape index (κ1) is 28.8. The Balaban J connectivity index is 1.62. The summed E-state index contributed by atoms with van der Waals surface area (Å²) in [7, 11) is 1.58. The summed E-state index contributed by atoms with van der Waals surface area (Å²) >= 11 is 0. The lowest BCUT2D eigenvalue weighted by Gasteiger charge is -2.18. The molecule has 3 N–H and O–H groups in total. The highest BCUT2D eigenvalue weighted by atomic mass is 16.6. The highest BCUT2D eigenvalue weighted by Crippen LogP contribution is 2.35. The number of benzene rings is 3. The van der Waals surface area contributed by atoms with Crippen LogP contribution >= 0.6 is 0 Å². The van der Waals surface area contributed by atoms with E-state index < -0.39 is 29.3 Å². The fraction of sp³-hybridized carbons (Fsp3) is 0.156. The number of ether oxygens (including phenoxy) is 1. The quantitative estimate of drug-likeness (QED) is 0.130. The summed E-state index contributed by atoms with van der Waals surface area (Å²) in [6, 6.07) is 21.2. The van der Waals surface area contributed by atoms with E-state index in [0.29, 0.717) is 28.5 Å². The van der Waals surface area contributed by atoms with Crippen molar-refractivity contribution < 1.29 is 24.4 Å². The van der Waals surface area contributed by atoms with Gasteiger partial charge in [0.05, 0.1) is 30.1 Å². The van der Waals surface area contributed by atoms with Crippen LogP contribution in [0.25, 0.3) is 16.9 Å². The molecule has 0 saturated heterocycles. The van der Waals surface area contributed by atoms with Gasteiger partial charge in [0.25, 0.3) is 11.6 Å². The number of hydrogen-bond donors (Lipinski definition) is 3. The molecule has 3 aromatic carbocycles. The van der Waals surface area contributed by atoms with Crippen molar-refractivity contribution in [3.05, 3.63) is 117 Å². The number of aromatic nitrogens is 2. The molecule has 1 unspecified atom stereocenters.